The lowest BCUT2D eigenvalue weighted by atomic mass is 10.1. The number of hydrogen-bond acceptors (Lipinski definition) is 4. The van der Waals surface area contributed by atoms with Gasteiger partial charge < -0.3 is 3.29 Å². The van der Waals surface area contributed by atoms with Crippen molar-refractivity contribution in [1.82, 2.24) is 14.5 Å². The number of sulfonamides is 1. The average molecular weight is 452 g/mol. The van der Waals surface area contributed by atoms with Gasteiger partial charge in [0.1, 0.15) is 11.3 Å². The van der Waals surface area contributed by atoms with Crippen LogP contribution >= 0.6 is 0 Å². The quantitative estimate of drug-likeness (QED) is 0.372. The molecule has 0 atom stereocenters. The molecule has 0 amide bonds. The smallest absolute Gasteiger partial charge is 0.339 e. The number of hydrogen-bond donors (Lipinski definition) is 0. The van der Waals surface area contributed by atoms with E-state index in [2.05, 4.69) is 21.5 Å². The van der Waals surface area contributed by atoms with Crippen LogP contribution in [-0.4, -0.2) is 39.5 Å². The Morgan fingerprint density at radius 1 is 0.781 bits per heavy atom. The van der Waals surface area contributed by atoms with Crippen molar-refractivity contribution in [3.05, 3.63) is 103 Å². The van der Waals surface area contributed by atoms with Gasteiger partial charge in [0.15, 0.2) is 5.65 Å². The van der Waals surface area contributed by atoms with Gasteiger partial charge in [-0.05, 0) is 48.5 Å². The Hall–Kier alpha value is -3.44. The average Bonchev–Trinajstić information content (AvgIpc) is 3.24. The van der Waals surface area contributed by atoms with Gasteiger partial charge in [-0.3, -0.25) is 4.57 Å². The molecule has 8 heteroatoms. The van der Waals surface area contributed by atoms with Gasteiger partial charge in [-0.25, -0.2) is 18.4 Å². The highest BCUT2D eigenvalue weighted by molar-refractivity contribution is 7.94. The summed E-state index contributed by atoms with van der Waals surface area (Å²) in [5.41, 5.74) is 3.48. The van der Waals surface area contributed by atoms with E-state index in [0.29, 0.717) is 22.7 Å². The second-order valence-electron chi connectivity index (χ2n) is 7.08. The Morgan fingerprint density at radius 3 is 2.19 bits per heavy atom. The standard InChI is InChI=1S/C24H17N4O2S.Al/c29-31(30,19-12-5-2-6-13-19)27-21-15-8-7-14-20(21)23-26-22-16-9-17-25-24(22)28(23)18-10-3-1-4-11-18;/h1-17H;/q-1;+1. The molecule has 5 rings (SSSR count). The topological polar surface area (TPSA) is 68.1 Å². The van der Waals surface area contributed by atoms with Crippen LogP contribution in [-0.2, 0) is 10.0 Å². The van der Waals surface area contributed by atoms with E-state index in [9.17, 15) is 8.42 Å². The van der Waals surface area contributed by atoms with E-state index in [1.807, 2.05) is 65.2 Å². The number of anilines is 1. The van der Waals surface area contributed by atoms with Crippen LogP contribution in [0.25, 0.3) is 28.2 Å². The summed E-state index contributed by atoms with van der Waals surface area (Å²) in [7, 11) is -3.79. The van der Waals surface area contributed by atoms with Gasteiger partial charge in [0.05, 0.1) is 4.90 Å². The first-order chi connectivity index (χ1) is 15.6. The molecule has 0 saturated carbocycles. The predicted molar refractivity (Wildman–Crippen MR) is 126 cm³/mol. The van der Waals surface area contributed by atoms with Crippen molar-refractivity contribution < 1.29 is 8.42 Å². The molecule has 0 bridgehead atoms. The van der Waals surface area contributed by atoms with Gasteiger partial charge in [-0.15, -0.1) is 0 Å². The van der Waals surface area contributed by atoms with Crippen molar-refractivity contribution in [2.75, 3.05) is 3.29 Å². The monoisotopic (exact) mass is 452 g/mol. The molecule has 32 heavy (non-hydrogen) atoms. The maximum atomic E-state index is 13.3. The molecule has 5 aromatic rings. The normalized spacial score (nSPS) is 11.5. The zero-order valence-corrected chi connectivity index (χ0v) is 18.9. The highest BCUT2D eigenvalue weighted by Gasteiger charge is 2.24. The molecule has 0 spiro atoms. The summed E-state index contributed by atoms with van der Waals surface area (Å²) in [4.78, 5) is 9.58. The summed E-state index contributed by atoms with van der Waals surface area (Å²) < 4.78 is 29.8. The Morgan fingerprint density at radius 2 is 1.44 bits per heavy atom. The molecule has 3 aromatic carbocycles. The number of imidazole rings is 1. The summed E-state index contributed by atoms with van der Waals surface area (Å²) >= 11 is 2.34. The summed E-state index contributed by atoms with van der Waals surface area (Å²) in [6.07, 6.45) is 1.72. The van der Waals surface area contributed by atoms with E-state index in [-0.39, 0.29) is 4.90 Å². The van der Waals surface area contributed by atoms with Crippen molar-refractivity contribution in [3.8, 4) is 17.1 Å². The third-order valence-electron chi connectivity index (χ3n) is 5.11. The lowest BCUT2D eigenvalue weighted by Crippen LogP contribution is -2.28. The summed E-state index contributed by atoms with van der Waals surface area (Å²) in [5.74, 6) is 0.608. The van der Waals surface area contributed by atoms with Gasteiger partial charge in [-0.2, -0.15) is 0 Å². The van der Waals surface area contributed by atoms with Gasteiger partial charge in [-0.1, -0.05) is 48.5 Å². The molecule has 2 radical (unpaired) electrons. The lowest BCUT2D eigenvalue weighted by Gasteiger charge is -2.25. The van der Waals surface area contributed by atoms with E-state index in [1.54, 1.807) is 42.6 Å². The highest BCUT2D eigenvalue weighted by Crippen LogP contribution is 2.35. The molecule has 0 unspecified atom stereocenters. The Bertz CT molecular complexity index is 1500. The van der Waals surface area contributed by atoms with E-state index in [1.165, 1.54) is 3.29 Å². The summed E-state index contributed by atoms with van der Waals surface area (Å²) in [5, 5.41) is 0. The van der Waals surface area contributed by atoms with Crippen LogP contribution in [0.3, 0.4) is 0 Å². The van der Waals surface area contributed by atoms with Gasteiger partial charge >= 0.3 is 16.5 Å². The van der Waals surface area contributed by atoms with E-state index >= 15 is 0 Å². The predicted octanol–water partition coefficient (Wildman–Crippen LogP) is 4.37. The SMILES string of the molecule is O=S(=O)(c1ccccc1)[N]([Al])c1ccccc1-c1nc2cccnc2n1-c1ccccc1. The first-order valence-electron chi connectivity index (χ1n) is 9.91. The molecule has 154 valence electrons. The molecule has 0 fully saturated rings. The number of aromatic nitrogens is 3. The molecule has 0 N–H and O–H groups in total. The summed E-state index contributed by atoms with van der Waals surface area (Å²) in [6, 6.07) is 29.2. The fraction of sp³-hybridized carbons (Fsp3) is 0. The minimum absolute atomic E-state index is 0.211. The molecule has 2 heterocycles. The molecular weight excluding hydrogens is 435 g/mol. The third-order valence-corrected chi connectivity index (χ3v) is 7.81. The van der Waals surface area contributed by atoms with Crippen molar-refractivity contribution in [3.63, 3.8) is 0 Å². The lowest BCUT2D eigenvalue weighted by molar-refractivity contribution is 0.598. The van der Waals surface area contributed by atoms with Crippen molar-refractivity contribution >= 4 is 43.4 Å². The van der Waals surface area contributed by atoms with E-state index < -0.39 is 10.0 Å². The molecular formula is C24H17AlN4O2S. The van der Waals surface area contributed by atoms with Crippen LogP contribution in [0, 0.1) is 0 Å². The maximum absolute atomic E-state index is 13.3. The van der Waals surface area contributed by atoms with Crippen LogP contribution < -0.4 is 3.29 Å². The largest absolute Gasteiger partial charge is 0.381 e. The van der Waals surface area contributed by atoms with Crippen LogP contribution in [0.2, 0.25) is 0 Å². The van der Waals surface area contributed by atoms with Gasteiger partial charge in [0.2, 0.25) is 10.0 Å². The fourth-order valence-electron chi connectivity index (χ4n) is 3.61. The van der Waals surface area contributed by atoms with Crippen LogP contribution in [0.4, 0.5) is 5.69 Å². The third kappa shape index (κ3) is 3.49. The number of nitrogens with zero attached hydrogens (tertiary/aromatic N) is 4. The fourth-order valence-corrected chi connectivity index (χ4v) is 5.34. The molecule has 6 nitrogen and oxygen atoms in total. The summed E-state index contributed by atoms with van der Waals surface area (Å²) in [6.45, 7) is 0. The number of fused-ring (bicyclic) bond motifs is 1. The van der Waals surface area contributed by atoms with Crippen LogP contribution in [0.1, 0.15) is 0 Å². The van der Waals surface area contributed by atoms with Crippen LogP contribution in [0.5, 0.6) is 0 Å². The highest BCUT2D eigenvalue weighted by atomic mass is 32.2. The number of pyridine rings is 1. The van der Waals surface area contributed by atoms with Crippen molar-refractivity contribution in [2.45, 2.75) is 4.90 Å². The zero-order chi connectivity index (χ0) is 22.1. The van der Waals surface area contributed by atoms with Gasteiger partial charge in [0, 0.05) is 23.1 Å². The minimum Gasteiger partial charge on any atom is -0.381 e. The van der Waals surface area contributed by atoms with Crippen LogP contribution in [0.15, 0.2) is 108 Å². The van der Waals surface area contributed by atoms with E-state index in [0.717, 1.165) is 11.2 Å². The first-order valence-corrected chi connectivity index (χ1v) is 11.9. The molecule has 0 aliphatic rings. The number of para-hydroxylation sites is 2. The molecule has 0 aliphatic carbocycles. The Kier molecular flexibility index (Phi) is 5.27. The second-order valence-corrected chi connectivity index (χ2v) is 9.79. The first kappa shape index (κ1) is 20.5. The van der Waals surface area contributed by atoms with Gasteiger partial charge in [0.25, 0.3) is 0 Å². The Balaban J connectivity index is 1.74. The number of rotatable bonds is 5. The Labute approximate surface area is 194 Å². The minimum atomic E-state index is -3.79. The molecule has 2 aromatic heterocycles. The maximum Gasteiger partial charge on any atom is 0.339 e. The zero-order valence-electron chi connectivity index (χ0n) is 16.9. The van der Waals surface area contributed by atoms with Crippen molar-refractivity contribution in [2.24, 2.45) is 0 Å². The number of benzene rings is 3. The second kappa shape index (κ2) is 8.25. The van der Waals surface area contributed by atoms with E-state index in [4.69, 9.17) is 4.98 Å². The molecule has 0 saturated heterocycles. The molecule has 0 aliphatic heterocycles. The van der Waals surface area contributed by atoms with Crippen molar-refractivity contribution in [1.29, 1.82) is 0 Å².